The topological polar surface area (TPSA) is 34.9 Å². The summed E-state index contributed by atoms with van der Waals surface area (Å²) in [6.45, 7) is 0. The molecule has 2 aromatic rings. The van der Waals surface area contributed by atoms with Crippen molar-refractivity contribution in [2.24, 2.45) is 5.92 Å². The third-order valence-corrected chi connectivity index (χ3v) is 4.71. The van der Waals surface area contributed by atoms with E-state index in [1.54, 1.807) is 24.3 Å². The first-order valence-corrected chi connectivity index (χ1v) is 8.07. The lowest BCUT2D eigenvalue weighted by atomic mass is 9.81. The van der Waals surface area contributed by atoms with Gasteiger partial charge in [0.15, 0.2) is 0 Å². The van der Waals surface area contributed by atoms with Crippen molar-refractivity contribution < 1.29 is 13.2 Å². The molecule has 1 radical (unpaired) electrons. The molecule has 127 valence electrons. The maximum absolute atomic E-state index is 12.8. The molecule has 0 saturated heterocycles. The number of aromatic nitrogens is 2. The Hall–Kier alpha value is -1.82. The predicted molar refractivity (Wildman–Crippen MR) is 84.4 cm³/mol. The summed E-state index contributed by atoms with van der Waals surface area (Å²) in [5.41, 5.74) is 0.291. The van der Waals surface area contributed by atoms with Gasteiger partial charge >= 0.3 is 6.18 Å². The number of benzene rings is 1. The Morgan fingerprint density at radius 1 is 1.12 bits per heavy atom. The number of halogens is 4. The average molecular weight is 356 g/mol. The molecule has 3 nitrogen and oxygen atoms in total. The van der Waals surface area contributed by atoms with Crippen molar-refractivity contribution in [2.45, 2.75) is 37.8 Å². The zero-order valence-electron chi connectivity index (χ0n) is 12.7. The number of alkyl halides is 3. The van der Waals surface area contributed by atoms with E-state index in [-0.39, 0.29) is 24.3 Å². The Kier molecular flexibility index (Phi) is 4.67. The van der Waals surface area contributed by atoms with Crippen LogP contribution in [0.3, 0.4) is 0 Å². The van der Waals surface area contributed by atoms with Crippen molar-refractivity contribution in [1.29, 1.82) is 0 Å². The van der Waals surface area contributed by atoms with Gasteiger partial charge in [0.1, 0.15) is 5.82 Å². The Bertz CT molecular complexity index is 763. The van der Waals surface area contributed by atoms with E-state index < -0.39 is 12.1 Å². The zero-order chi connectivity index (χ0) is 17.3. The quantitative estimate of drug-likeness (QED) is 0.793. The minimum atomic E-state index is -4.16. The van der Waals surface area contributed by atoms with Crippen molar-refractivity contribution >= 4 is 11.6 Å². The van der Waals surface area contributed by atoms with Crippen LogP contribution in [0.15, 0.2) is 35.1 Å². The van der Waals surface area contributed by atoms with Crippen LogP contribution in [0.4, 0.5) is 13.2 Å². The molecule has 1 aromatic heterocycles. The van der Waals surface area contributed by atoms with Crippen molar-refractivity contribution in [1.82, 2.24) is 9.55 Å². The summed E-state index contributed by atoms with van der Waals surface area (Å²) in [6, 6.07) is 7.92. The molecule has 0 bridgehead atoms. The summed E-state index contributed by atoms with van der Waals surface area (Å²) in [6.07, 6.45) is -0.789. The number of rotatable bonds is 2. The number of hydrogen-bond donors (Lipinski definition) is 0. The van der Waals surface area contributed by atoms with Gasteiger partial charge in [-0.15, -0.1) is 0 Å². The average Bonchev–Trinajstić information content (AvgIpc) is 2.55. The normalized spacial score (nSPS) is 21.7. The van der Waals surface area contributed by atoms with E-state index in [1.165, 1.54) is 10.6 Å². The van der Waals surface area contributed by atoms with Crippen molar-refractivity contribution in [2.75, 3.05) is 0 Å². The molecule has 1 aliphatic carbocycles. The lowest BCUT2D eigenvalue weighted by molar-refractivity contribution is -0.182. The van der Waals surface area contributed by atoms with Crippen molar-refractivity contribution in [3.8, 4) is 5.69 Å². The minimum Gasteiger partial charge on any atom is -0.269 e. The third-order valence-electron chi connectivity index (χ3n) is 4.46. The summed E-state index contributed by atoms with van der Waals surface area (Å²) < 4.78 is 39.9. The summed E-state index contributed by atoms with van der Waals surface area (Å²) in [5, 5.41) is 0.537. The van der Waals surface area contributed by atoms with Gasteiger partial charge in [-0.3, -0.25) is 9.36 Å². The first-order valence-electron chi connectivity index (χ1n) is 7.69. The van der Waals surface area contributed by atoms with Crippen LogP contribution >= 0.6 is 11.6 Å². The number of hydrogen-bond acceptors (Lipinski definition) is 2. The van der Waals surface area contributed by atoms with Crippen LogP contribution in [-0.2, 0) is 0 Å². The zero-order valence-corrected chi connectivity index (χ0v) is 13.4. The van der Waals surface area contributed by atoms with E-state index >= 15 is 0 Å². The fraction of sp³-hybridized carbons (Fsp3) is 0.412. The van der Waals surface area contributed by atoms with E-state index in [9.17, 15) is 18.0 Å². The van der Waals surface area contributed by atoms with Crippen molar-refractivity contribution in [3.63, 3.8) is 0 Å². The Morgan fingerprint density at radius 2 is 1.75 bits per heavy atom. The van der Waals surface area contributed by atoms with E-state index in [0.717, 1.165) is 0 Å². The lowest BCUT2D eigenvalue weighted by Gasteiger charge is -2.30. The number of nitrogens with zero attached hydrogens (tertiary/aromatic N) is 2. The molecule has 0 spiro atoms. The van der Waals surface area contributed by atoms with Crippen LogP contribution in [0.2, 0.25) is 5.02 Å². The van der Waals surface area contributed by atoms with Crippen LogP contribution in [0.25, 0.3) is 5.69 Å². The fourth-order valence-corrected chi connectivity index (χ4v) is 3.31. The van der Waals surface area contributed by atoms with E-state index in [0.29, 0.717) is 29.4 Å². The molecule has 0 N–H and O–H groups in total. The van der Waals surface area contributed by atoms with E-state index in [1.807, 2.05) is 0 Å². The molecule has 0 aliphatic heterocycles. The molecule has 24 heavy (non-hydrogen) atoms. The van der Waals surface area contributed by atoms with Crippen LogP contribution in [-0.4, -0.2) is 15.7 Å². The van der Waals surface area contributed by atoms with Crippen molar-refractivity contribution in [3.05, 3.63) is 57.7 Å². The van der Waals surface area contributed by atoms with Gasteiger partial charge in [0.2, 0.25) is 0 Å². The third kappa shape index (κ3) is 3.48. The van der Waals surface area contributed by atoms with Gasteiger partial charge in [-0.1, -0.05) is 11.6 Å². The lowest BCUT2D eigenvalue weighted by Crippen LogP contribution is -2.30. The second-order valence-electron chi connectivity index (χ2n) is 5.98. The van der Waals surface area contributed by atoms with Crippen LogP contribution in [0.5, 0.6) is 0 Å². The molecule has 0 atom stereocenters. The molecule has 0 unspecified atom stereocenters. The highest BCUT2D eigenvalue weighted by atomic mass is 35.5. The van der Waals surface area contributed by atoms with Gasteiger partial charge in [-0.2, -0.15) is 13.2 Å². The van der Waals surface area contributed by atoms with Gasteiger partial charge < -0.3 is 0 Å². The molecule has 1 fully saturated rings. The molecule has 1 heterocycles. The highest BCUT2D eigenvalue weighted by Crippen LogP contribution is 2.42. The molecule has 3 rings (SSSR count). The predicted octanol–water partition coefficient (Wildman–Crippen LogP) is 4.52. The van der Waals surface area contributed by atoms with Gasteiger partial charge in [-0.25, -0.2) is 4.98 Å². The van der Waals surface area contributed by atoms with Crippen LogP contribution < -0.4 is 5.56 Å². The molecule has 7 heteroatoms. The SMILES string of the molecule is O=c1c[c]nc(C2CCC(C(F)(F)F)CC2)n1-c1ccc(Cl)cc1. The Balaban J connectivity index is 1.91. The van der Waals surface area contributed by atoms with Crippen LogP contribution in [0.1, 0.15) is 37.4 Å². The Labute approximate surface area is 142 Å². The standard InChI is InChI=1S/C17H15ClF3N2O/c18-13-5-7-14(8-6-13)23-15(24)9-10-22-16(23)11-1-3-12(4-2-11)17(19,20)21/h5-9,11-12H,1-4H2. The molecular formula is C17H15ClF3N2O. The highest BCUT2D eigenvalue weighted by molar-refractivity contribution is 6.30. The fourth-order valence-electron chi connectivity index (χ4n) is 3.18. The van der Waals surface area contributed by atoms with E-state index in [4.69, 9.17) is 11.6 Å². The minimum absolute atomic E-state index is 0.0551. The molecule has 1 aromatic carbocycles. The highest BCUT2D eigenvalue weighted by Gasteiger charge is 2.42. The van der Waals surface area contributed by atoms with Gasteiger partial charge in [-0.05, 0) is 49.9 Å². The summed E-state index contributed by atoms with van der Waals surface area (Å²) in [5.74, 6) is -0.993. The molecular weight excluding hydrogens is 341 g/mol. The largest absolute Gasteiger partial charge is 0.391 e. The van der Waals surface area contributed by atoms with E-state index in [2.05, 4.69) is 11.2 Å². The second kappa shape index (κ2) is 6.59. The molecule has 1 saturated carbocycles. The smallest absolute Gasteiger partial charge is 0.269 e. The first kappa shape index (κ1) is 17.0. The van der Waals surface area contributed by atoms with Crippen LogP contribution in [0, 0.1) is 12.1 Å². The van der Waals surface area contributed by atoms with Gasteiger partial charge in [0.05, 0.1) is 17.8 Å². The van der Waals surface area contributed by atoms with Gasteiger partial charge in [0, 0.05) is 17.0 Å². The summed E-state index contributed by atoms with van der Waals surface area (Å²) >= 11 is 5.87. The Morgan fingerprint density at radius 3 is 2.33 bits per heavy atom. The second-order valence-corrected chi connectivity index (χ2v) is 6.42. The monoisotopic (exact) mass is 355 g/mol. The maximum atomic E-state index is 12.8. The maximum Gasteiger partial charge on any atom is 0.391 e. The molecule has 1 aliphatic rings. The summed E-state index contributed by atoms with van der Waals surface area (Å²) in [4.78, 5) is 16.4. The first-order chi connectivity index (χ1) is 11.4. The summed E-state index contributed by atoms with van der Waals surface area (Å²) in [7, 11) is 0. The van der Waals surface area contributed by atoms with Gasteiger partial charge in [0.25, 0.3) is 5.56 Å². The molecule has 0 amide bonds.